The summed E-state index contributed by atoms with van der Waals surface area (Å²) in [6.45, 7) is 3.90. The predicted octanol–water partition coefficient (Wildman–Crippen LogP) is 4.50. The van der Waals surface area contributed by atoms with Crippen molar-refractivity contribution in [3.8, 4) is 0 Å². The maximum atomic E-state index is 13.0. The van der Waals surface area contributed by atoms with E-state index in [0.29, 0.717) is 16.9 Å². The van der Waals surface area contributed by atoms with Crippen LogP contribution in [0, 0.1) is 19.7 Å². The Kier molecular flexibility index (Phi) is 5.46. The van der Waals surface area contributed by atoms with E-state index in [2.05, 4.69) is 10.0 Å². The molecule has 1 amide bonds. The quantitative estimate of drug-likeness (QED) is 0.665. The molecule has 3 aromatic rings. The van der Waals surface area contributed by atoms with Crippen LogP contribution in [0.15, 0.2) is 71.6 Å². The summed E-state index contributed by atoms with van der Waals surface area (Å²) in [6, 6.07) is 16.3. The second-order valence-electron chi connectivity index (χ2n) is 6.47. The molecule has 0 aromatic heterocycles. The van der Waals surface area contributed by atoms with Crippen LogP contribution < -0.4 is 10.0 Å². The van der Waals surface area contributed by atoms with E-state index in [1.54, 1.807) is 0 Å². The third-order valence-corrected chi connectivity index (χ3v) is 5.40. The molecule has 5 nitrogen and oxygen atoms in total. The molecule has 3 aromatic carbocycles. The molecule has 144 valence electrons. The maximum Gasteiger partial charge on any atom is 0.261 e. The van der Waals surface area contributed by atoms with Crippen molar-refractivity contribution in [3.63, 3.8) is 0 Å². The van der Waals surface area contributed by atoms with Crippen LogP contribution in [0.4, 0.5) is 15.8 Å². The lowest BCUT2D eigenvalue weighted by Gasteiger charge is -2.10. The Bertz CT molecular complexity index is 1090. The van der Waals surface area contributed by atoms with Crippen molar-refractivity contribution in [1.29, 1.82) is 0 Å². The van der Waals surface area contributed by atoms with E-state index >= 15 is 0 Å². The van der Waals surface area contributed by atoms with Crippen LogP contribution in [0.1, 0.15) is 21.5 Å². The molecule has 0 radical (unpaired) electrons. The fourth-order valence-corrected chi connectivity index (χ4v) is 3.83. The fraction of sp³-hybridized carbons (Fsp3) is 0.0952. The number of nitrogens with one attached hydrogen (secondary N) is 2. The molecule has 0 aliphatic rings. The highest BCUT2D eigenvalue weighted by molar-refractivity contribution is 7.92. The lowest BCUT2D eigenvalue weighted by Crippen LogP contribution is -2.14. The Morgan fingerprint density at radius 2 is 1.39 bits per heavy atom. The van der Waals surface area contributed by atoms with E-state index in [1.807, 2.05) is 32.0 Å². The van der Waals surface area contributed by atoms with E-state index in [-0.39, 0.29) is 10.8 Å². The summed E-state index contributed by atoms with van der Waals surface area (Å²) in [6.07, 6.45) is 0. The van der Waals surface area contributed by atoms with Crippen molar-refractivity contribution in [1.82, 2.24) is 0 Å². The molecule has 2 N–H and O–H groups in total. The van der Waals surface area contributed by atoms with Crippen LogP contribution in [0.25, 0.3) is 0 Å². The van der Waals surface area contributed by atoms with Crippen molar-refractivity contribution < 1.29 is 17.6 Å². The van der Waals surface area contributed by atoms with E-state index in [9.17, 15) is 17.6 Å². The van der Waals surface area contributed by atoms with Crippen LogP contribution in [0.2, 0.25) is 0 Å². The van der Waals surface area contributed by atoms with Gasteiger partial charge in [0.1, 0.15) is 5.82 Å². The van der Waals surface area contributed by atoms with Gasteiger partial charge in [-0.2, -0.15) is 0 Å². The summed E-state index contributed by atoms with van der Waals surface area (Å²) >= 11 is 0. The van der Waals surface area contributed by atoms with Crippen molar-refractivity contribution in [2.75, 3.05) is 10.0 Å². The first-order valence-electron chi connectivity index (χ1n) is 8.51. The van der Waals surface area contributed by atoms with E-state index in [1.165, 1.54) is 36.4 Å². The van der Waals surface area contributed by atoms with Crippen molar-refractivity contribution in [3.05, 3.63) is 89.2 Å². The highest BCUT2D eigenvalue weighted by Crippen LogP contribution is 2.19. The molecule has 0 heterocycles. The van der Waals surface area contributed by atoms with Gasteiger partial charge in [-0.15, -0.1) is 0 Å². The number of carbonyl (C=O) groups excluding carboxylic acids is 1. The van der Waals surface area contributed by atoms with Gasteiger partial charge in [0.25, 0.3) is 15.9 Å². The Balaban J connectivity index is 1.72. The molecule has 0 fully saturated rings. The average Bonchev–Trinajstić information content (AvgIpc) is 2.61. The topological polar surface area (TPSA) is 75.3 Å². The number of hydrogen-bond donors (Lipinski definition) is 2. The zero-order valence-electron chi connectivity index (χ0n) is 15.4. The van der Waals surface area contributed by atoms with E-state index in [0.717, 1.165) is 23.3 Å². The first-order chi connectivity index (χ1) is 13.2. The zero-order valence-corrected chi connectivity index (χ0v) is 16.2. The second kappa shape index (κ2) is 7.82. The van der Waals surface area contributed by atoms with Crippen LogP contribution >= 0.6 is 0 Å². The maximum absolute atomic E-state index is 13.0. The van der Waals surface area contributed by atoms with Crippen LogP contribution in [0.3, 0.4) is 0 Å². The molecule has 0 saturated carbocycles. The highest BCUT2D eigenvalue weighted by atomic mass is 32.2. The van der Waals surface area contributed by atoms with Crippen molar-refractivity contribution in [2.45, 2.75) is 18.7 Å². The number of anilines is 2. The van der Waals surface area contributed by atoms with Crippen LogP contribution in [-0.4, -0.2) is 14.3 Å². The van der Waals surface area contributed by atoms with Crippen LogP contribution in [0.5, 0.6) is 0 Å². The number of rotatable bonds is 5. The van der Waals surface area contributed by atoms with Gasteiger partial charge in [0.05, 0.1) is 4.90 Å². The smallest absolute Gasteiger partial charge is 0.261 e. The Labute approximate surface area is 163 Å². The lowest BCUT2D eigenvalue weighted by molar-refractivity contribution is 0.102. The van der Waals surface area contributed by atoms with Gasteiger partial charge in [-0.1, -0.05) is 6.07 Å². The Morgan fingerprint density at radius 1 is 0.821 bits per heavy atom. The van der Waals surface area contributed by atoms with Gasteiger partial charge in [-0.3, -0.25) is 9.52 Å². The average molecular weight is 398 g/mol. The fourth-order valence-electron chi connectivity index (χ4n) is 2.77. The summed E-state index contributed by atoms with van der Waals surface area (Å²) in [5, 5.41) is 2.83. The minimum atomic E-state index is -3.84. The highest BCUT2D eigenvalue weighted by Gasteiger charge is 2.14. The molecule has 0 aliphatic carbocycles. The molecule has 0 saturated heterocycles. The first kappa shape index (κ1) is 19.6. The zero-order chi connectivity index (χ0) is 20.3. The van der Waals surface area contributed by atoms with Gasteiger partial charge in [0, 0.05) is 16.9 Å². The number of carbonyl (C=O) groups is 1. The number of hydrogen-bond acceptors (Lipinski definition) is 3. The molecule has 7 heteroatoms. The summed E-state index contributed by atoms with van der Waals surface area (Å²) < 4.78 is 40.0. The van der Waals surface area contributed by atoms with E-state index < -0.39 is 15.8 Å². The summed E-state index contributed by atoms with van der Waals surface area (Å²) in [4.78, 5) is 12.4. The minimum Gasteiger partial charge on any atom is -0.322 e. The molecule has 28 heavy (non-hydrogen) atoms. The standard InChI is InChI=1S/C21H19FN2O3S/c1-14-11-15(2)13-19(12-14)23-21(25)16-3-7-18(8-4-16)24-28(26,27)20-9-5-17(22)6-10-20/h3-13,24H,1-2H3,(H,23,25). The second-order valence-corrected chi connectivity index (χ2v) is 8.15. The SMILES string of the molecule is Cc1cc(C)cc(NC(=O)c2ccc(NS(=O)(=O)c3ccc(F)cc3)cc2)c1. The van der Waals surface area contributed by atoms with Gasteiger partial charge in [-0.25, -0.2) is 12.8 Å². The summed E-state index contributed by atoms with van der Waals surface area (Å²) in [5.74, 6) is -0.809. The van der Waals surface area contributed by atoms with Gasteiger partial charge < -0.3 is 5.32 Å². The molecular formula is C21H19FN2O3S. The van der Waals surface area contributed by atoms with E-state index in [4.69, 9.17) is 0 Å². The lowest BCUT2D eigenvalue weighted by atomic mass is 10.1. The molecule has 0 aliphatic heterocycles. The molecule has 0 atom stereocenters. The summed E-state index contributed by atoms with van der Waals surface area (Å²) in [5.41, 5.74) is 3.47. The number of halogens is 1. The van der Waals surface area contributed by atoms with Gasteiger partial charge in [-0.05, 0) is 85.6 Å². The third kappa shape index (κ3) is 4.75. The Morgan fingerprint density at radius 3 is 1.96 bits per heavy atom. The molecule has 0 unspecified atom stereocenters. The first-order valence-corrected chi connectivity index (χ1v) is 9.99. The largest absolute Gasteiger partial charge is 0.322 e. The van der Waals surface area contributed by atoms with Gasteiger partial charge >= 0.3 is 0 Å². The number of aryl methyl sites for hydroxylation is 2. The van der Waals surface area contributed by atoms with Gasteiger partial charge in [0.2, 0.25) is 0 Å². The van der Waals surface area contributed by atoms with Crippen molar-refractivity contribution in [2.24, 2.45) is 0 Å². The molecular weight excluding hydrogens is 379 g/mol. The van der Waals surface area contributed by atoms with Crippen molar-refractivity contribution >= 4 is 27.3 Å². The molecule has 3 rings (SSSR count). The third-order valence-electron chi connectivity index (χ3n) is 4.00. The normalized spacial score (nSPS) is 11.1. The minimum absolute atomic E-state index is 0.0504. The van der Waals surface area contributed by atoms with Gasteiger partial charge in [0.15, 0.2) is 0 Å². The number of sulfonamides is 1. The predicted molar refractivity (Wildman–Crippen MR) is 108 cm³/mol. The number of amides is 1. The van der Waals surface area contributed by atoms with Crippen LogP contribution in [-0.2, 0) is 10.0 Å². The molecule has 0 bridgehead atoms. The summed E-state index contributed by atoms with van der Waals surface area (Å²) in [7, 11) is -3.84. The Hall–Kier alpha value is -3.19. The molecule has 0 spiro atoms. The number of benzene rings is 3. The monoisotopic (exact) mass is 398 g/mol.